The maximum Gasteiger partial charge on any atom is -0.00761 e. The molecule has 0 aromatic heterocycles. The van der Waals surface area contributed by atoms with E-state index in [1.165, 1.54) is 279 Å². The zero-order valence-electron chi connectivity index (χ0n) is 71.2. The molecule has 0 aliphatic rings. The van der Waals surface area contributed by atoms with Gasteiger partial charge in [-0.25, -0.2) is 0 Å². The van der Waals surface area contributed by atoms with Gasteiger partial charge in [-0.2, -0.15) is 0 Å². The lowest BCUT2D eigenvalue weighted by molar-refractivity contribution is 0.449. The normalized spacial score (nSPS) is 12.7. The summed E-state index contributed by atoms with van der Waals surface area (Å²) in [6, 6.07) is 61.6. The van der Waals surface area contributed by atoms with Crippen LogP contribution in [0.4, 0.5) is 0 Å². The van der Waals surface area contributed by atoms with Crippen molar-refractivity contribution < 1.29 is 0 Å². The van der Waals surface area contributed by atoms with Crippen LogP contribution in [0.5, 0.6) is 0 Å². The highest BCUT2D eigenvalue weighted by Crippen LogP contribution is 2.37. The summed E-state index contributed by atoms with van der Waals surface area (Å²) in [5, 5.41) is 14.4. The molecule has 0 nitrogen and oxygen atoms in total. The molecule has 11 aromatic carbocycles. The molecule has 5 atom stereocenters. The van der Waals surface area contributed by atoms with Crippen LogP contribution in [-0.2, 0) is 32.1 Å². The first-order valence-corrected chi connectivity index (χ1v) is 42.5. The molecule has 0 saturated carbocycles. The molecule has 0 saturated heterocycles. The molecule has 0 heteroatoms. The first kappa shape index (κ1) is 86.0. The second kappa shape index (κ2) is 43.6. The minimum absolute atomic E-state index is 0.771. The Bertz CT molecular complexity index is 4330. The highest BCUT2D eigenvalue weighted by molar-refractivity contribution is 5.99. The van der Waals surface area contributed by atoms with E-state index in [2.05, 4.69) is 316 Å². The lowest BCUT2D eigenvalue weighted by Gasteiger charge is -2.20. The Balaban J connectivity index is 0.000000188. The van der Waals surface area contributed by atoms with Gasteiger partial charge in [0.15, 0.2) is 0 Å². The van der Waals surface area contributed by atoms with E-state index in [0.717, 1.165) is 29.6 Å². The molecule has 11 aromatic rings. The van der Waals surface area contributed by atoms with Crippen LogP contribution in [0.15, 0.2) is 164 Å². The first-order chi connectivity index (χ1) is 51.0. The van der Waals surface area contributed by atoms with Gasteiger partial charge in [0.1, 0.15) is 0 Å². The molecular weight excluding hydrogens is 1270 g/mol. The number of benzene rings is 11. The van der Waals surface area contributed by atoms with E-state index in [-0.39, 0.29) is 0 Å². The molecular formula is C106H144. The summed E-state index contributed by atoms with van der Waals surface area (Å²) in [7, 11) is 0. The van der Waals surface area contributed by atoms with Crippen molar-refractivity contribution in [2.24, 2.45) is 29.6 Å². The lowest BCUT2D eigenvalue weighted by Crippen LogP contribution is -2.07. The molecule has 0 aliphatic carbocycles. The number of fused-ring (bicyclic) bond motifs is 5. The van der Waals surface area contributed by atoms with Crippen LogP contribution in [-0.4, -0.2) is 0 Å². The number of rotatable bonds is 29. The van der Waals surface area contributed by atoms with Crippen molar-refractivity contribution in [3.05, 3.63) is 258 Å². The van der Waals surface area contributed by atoms with Gasteiger partial charge in [0, 0.05) is 0 Å². The van der Waals surface area contributed by atoms with Gasteiger partial charge in [0.05, 0.1) is 0 Å². The van der Waals surface area contributed by atoms with Gasteiger partial charge < -0.3 is 0 Å². The molecule has 5 unspecified atom stereocenters. The van der Waals surface area contributed by atoms with Crippen molar-refractivity contribution in [1.29, 1.82) is 0 Å². The van der Waals surface area contributed by atoms with Crippen LogP contribution in [0, 0.1) is 113 Å². The summed E-state index contributed by atoms with van der Waals surface area (Å²) in [4.78, 5) is 0. The molecule has 11 rings (SSSR count). The average molecular weight is 1420 g/mol. The van der Waals surface area contributed by atoms with Crippen molar-refractivity contribution >= 4 is 53.9 Å². The summed E-state index contributed by atoms with van der Waals surface area (Å²) in [6.07, 6.45) is 30.2. The van der Waals surface area contributed by atoms with Gasteiger partial charge in [-0.1, -0.05) is 382 Å². The number of hydrogen-bond donors (Lipinski definition) is 0. The SMILES string of the molecule is CCCCC(C)Cc1cc(C)cc2c(CC(C)CCCC)cc(C)cc12.CCCCC(CC)Cc1c(C)ccc2ccc(C)cc12.CCCCC(CC)Cc1cc(C)cc2c(CC(CC)CCCC)cc(C)cc12.Cc1ccc2c(-c3ccccc3)c(C)ccc2c1.Cc1ccc2c(C)c(C)ccc2c1C. The van der Waals surface area contributed by atoms with E-state index >= 15 is 0 Å². The Labute approximate surface area is 648 Å². The number of aryl methyl sites for hydroxylation is 12. The van der Waals surface area contributed by atoms with Crippen molar-refractivity contribution in [1.82, 2.24) is 0 Å². The summed E-state index contributed by atoms with van der Waals surface area (Å²) < 4.78 is 0. The molecule has 0 N–H and O–H groups in total. The van der Waals surface area contributed by atoms with Crippen molar-refractivity contribution in [2.45, 2.75) is 300 Å². The summed E-state index contributed by atoms with van der Waals surface area (Å²) in [6.45, 7) is 50.1. The zero-order valence-corrected chi connectivity index (χ0v) is 71.2. The van der Waals surface area contributed by atoms with E-state index in [9.17, 15) is 0 Å². The topological polar surface area (TPSA) is 0 Å². The highest BCUT2D eigenvalue weighted by Gasteiger charge is 2.19. The Morgan fingerprint density at radius 3 is 1.02 bits per heavy atom. The second-order valence-corrected chi connectivity index (χ2v) is 33.2. The Hall–Kier alpha value is -7.28. The van der Waals surface area contributed by atoms with Crippen molar-refractivity contribution in [2.75, 3.05) is 0 Å². The summed E-state index contributed by atoms with van der Waals surface area (Å²) in [5.74, 6) is 4.02. The molecule has 106 heavy (non-hydrogen) atoms. The van der Waals surface area contributed by atoms with Crippen LogP contribution in [0.2, 0.25) is 0 Å². The third-order valence-electron chi connectivity index (χ3n) is 23.7. The van der Waals surface area contributed by atoms with E-state index in [0.29, 0.717) is 0 Å². The Morgan fingerprint density at radius 2 is 0.594 bits per heavy atom. The quantitative estimate of drug-likeness (QED) is 0.0438. The number of hydrogen-bond acceptors (Lipinski definition) is 0. The van der Waals surface area contributed by atoms with E-state index in [1.807, 2.05) is 0 Å². The Kier molecular flexibility index (Phi) is 35.4. The third kappa shape index (κ3) is 24.9. The summed E-state index contributed by atoms with van der Waals surface area (Å²) in [5.41, 5.74) is 27.3. The second-order valence-electron chi connectivity index (χ2n) is 33.2. The first-order valence-electron chi connectivity index (χ1n) is 42.5. The summed E-state index contributed by atoms with van der Waals surface area (Å²) >= 11 is 0. The third-order valence-corrected chi connectivity index (χ3v) is 23.7. The fourth-order valence-corrected chi connectivity index (χ4v) is 16.7. The molecule has 0 spiro atoms. The fraction of sp³-hybridized carbons (Fsp3) is 0.472. The average Bonchev–Trinajstić information content (AvgIpc) is 0.824. The minimum Gasteiger partial charge on any atom is -0.0654 e. The van der Waals surface area contributed by atoms with Crippen LogP contribution in [0.3, 0.4) is 0 Å². The molecule has 0 aliphatic heterocycles. The molecule has 0 bridgehead atoms. The van der Waals surface area contributed by atoms with Crippen LogP contribution in [0.1, 0.15) is 279 Å². The van der Waals surface area contributed by atoms with E-state index in [4.69, 9.17) is 0 Å². The van der Waals surface area contributed by atoms with E-state index < -0.39 is 0 Å². The fourth-order valence-electron chi connectivity index (χ4n) is 16.7. The van der Waals surface area contributed by atoms with E-state index in [1.54, 1.807) is 27.8 Å². The monoisotopic (exact) mass is 1420 g/mol. The maximum atomic E-state index is 2.47. The maximum absolute atomic E-state index is 2.47. The smallest absolute Gasteiger partial charge is 0.00761 e. The Morgan fingerprint density at radius 1 is 0.255 bits per heavy atom. The standard InChI is InChI=1S/C28H44.C26H40.C20H28.C18H16.C14H16/c1-7-11-13-23(9-3)19-25-15-21(5)18-28-26(16-22(6)17-27(25)28)20-24(10-4)14-12-8-2;1-7-9-11-19(3)13-23-15-21(5)18-26-24(14-20(4)12-10-8-2)16-22(6)17-25(23)26;1-5-7-8-17(6-2)14-19-16(4)10-12-18-11-9-15(3)13-20(18)19;1-13-8-11-17-16(12-13)10-9-14(2)18(17)15-6-4-3-5-7-15;1-9-5-7-14-12(4)10(2)6-8-13(14)11(9)3/h15-18,23-24H,7-14,19-20H2,1-6H3;15-20H,7-14H2,1-6H3;9-13,17H,5-8,14H2,1-4H3;3-12H,1-2H3;5-8H,1-4H3. The van der Waals surface area contributed by atoms with Crippen molar-refractivity contribution in [3.63, 3.8) is 0 Å². The predicted octanol–water partition coefficient (Wildman–Crippen LogP) is 32.6. The van der Waals surface area contributed by atoms with Crippen molar-refractivity contribution in [3.8, 4) is 11.1 Å². The minimum atomic E-state index is 0.771. The van der Waals surface area contributed by atoms with Gasteiger partial charge in [-0.05, 0) is 271 Å². The van der Waals surface area contributed by atoms with Gasteiger partial charge in [0.2, 0.25) is 0 Å². The highest BCUT2D eigenvalue weighted by atomic mass is 14.2. The molecule has 0 heterocycles. The lowest BCUT2D eigenvalue weighted by atomic mass is 9.85. The van der Waals surface area contributed by atoms with Gasteiger partial charge >= 0.3 is 0 Å². The zero-order chi connectivity index (χ0) is 77.0. The van der Waals surface area contributed by atoms with Gasteiger partial charge in [-0.15, -0.1) is 0 Å². The number of unbranched alkanes of at least 4 members (excludes halogenated alkanes) is 5. The molecule has 0 fully saturated rings. The van der Waals surface area contributed by atoms with Gasteiger partial charge in [-0.3, -0.25) is 0 Å². The van der Waals surface area contributed by atoms with Crippen LogP contribution >= 0.6 is 0 Å². The molecule has 568 valence electrons. The largest absolute Gasteiger partial charge is 0.0654 e. The van der Waals surface area contributed by atoms with Crippen LogP contribution < -0.4 is 0 Å². The van der Waals surface area contributed by atoms with Gasteiger partial charge in [0.25, 0.3) is 0 Å². The predicted molar refractivity (Wildman–Crippen MR) is 478 cm³/mol. The molecule has 0 radical (unpaired) electrons. The van der Waals surface area contributed by atoms with Crippen LogP contribution in [0.25, 0.3) is 65.0 Å². The molecule has 0 amide bonds.